The van der Waals surface area contributed by atoms with Crippen molar-refractivity contribution in [3.63, 3.8) is 0 Å². The fourth-order valence-corrected chi connectivity index (χ4v) is 8.73. The molecule has 0 radical (unpaired) electrons. The van der Waals surface area contributed by atoms with Crippen molar-refractivity contribution in [2.24, 2.45) is 0 Å². The van der Waals surface area contributed by atoms with E-state index in [1.807, 2.05) is 0 Å². The fourth-order valence-electron chi connectivity index (χ4n) is 6.62. The molecule has 0 saturated heterocycles. The number of thiophene rings is 2. The van der Waals surface area contributed by atoms with E-state index in [4.69, 9.17) is 27.8 Å². The van der Waals surface area contributed by atoms with Gasteiger partial charge in [-0.15, -0.1) is 22.7 Å². The average molecular weight is 903 g/mol. The predicted molar refractivity (Wildman–Crippen MR) is 231 cm³/mol. The summed E-state index contributed by atoms with van der Waals surface area (Å²) in [5.74, 6) is -4.53. The van der Waals surface area contributed by atoms with Gasteiger partial charge in [-0.3, -0.25) is 9.59 Å². The van der Waals surface area contributed by atoms with Gasteiger partial charge in [0, 0.05) is 41.2 Å². The van der Waals surface area contributed by atoms with Gasteiger partial charge in [0.2, 0.25) is 11.5 Å². The van der Waals surface area contributed by atoms with Crippen molar-refractivity contribution in [1.82, 2.24) is 9.97 Å². The Kier molecular flexibility index (Phi) is 11.8. The molecule has 8 rings (SSSR count). The number of furan rings is 2. The summed E-state index contributed by atoms with van der Waals surface area (Å²) < 4.78 is 47.0. The van der Waals surface area contributed by atoms with Crippen molar-refractivity contribution >= 4 is 90.6 Å². The van der Waals surface area contributed by atoms with Crippen LogP contribution in [0, 0.1) is 12.7 Å². The number of anilines is 2. The fraction of sp³-hybridized carbons (Fsp3) is 0.111. The van der Waals surface area contributed by atoms with Crippen LogP contribution in [0.2, 0.25) is 0 Å². The Balaban J connectivity index is 0.960. The average Bonchev–Trinajstić information content (AvgIpc) is 4.08. The summed E-state index contributed by atoms with van der Waals surface area (Å²) in [6.07, 6.45) is 2.83. The van der Waals surface area contributed by atoms with Crippen LogP contribution < -0.4 is 10.6 Å². The molecule has 2 N–H and O–H groups in total. The molecule has 64 heavy (non-hydrogen) atoms. The van der Waals surface area contributed by atoms with E-state index in [2.05, 4.69) is 20.6 Å². The van der Waals surface area contributed by atoms with Gasteiger partial charge in [0.25, 0.3) is 11.8 Å². The summed E-state index contributed by atoms with van der Waals surface area (Å²) in [6.45, 7) is 1.52. The number of hydrogen-bond acceptors (Lipinski definition) is 16. The van der Waals surface area contributed by atoms with Crippen LogP contribution in [-0.2, 0) is 25.6 Å². The molecule has 0 aliphatic heterocycles. The number of benzene rings is 2. The Morgan fingerprint density at radius 2 is 1.12 bits per heavy atom. The van der Waals surface area contributed by atoms with Crippen LogP contribution in [0.3, 0.4) is 0 Å². The van der Waals surface area contributed by atoms with Gasteiger partial charge in [0.15, 0.2) is 0 Å². The maximum Gasteiger partial charge on any atom is 0.374 e. The van der Waals surface area contributed by atoms with E-state index < -0.39 is 41.5 Å². The maximum atomic E-state index is 14.1. The summed E-state index contributed by atoms with van der Waals surface area (Å²) in [7, 11) is 3.67. The number of nitrogens with one attached hydrogen (secondary N) is 2. The van der Waals surface area contributed by atoms with Gasteiger partial charge in [0.05, 0.1) is 47.4 Å². The standard InChI is InChI=1S/C45H31FN4O12S2/c1-21-24(8-7-10-25(21)40(51)49-32-14-12-22(18-47-32)34-36(44(55)58-3)61-28-16-30(42(53)57-2)63-38(28)34)20-60-43(54)31-17-29-39(64-31)35(37(62-29)45(56)59-4)23-13-15-33(48-19-23)50-41(52)26-9-5-6-11-27(26)46/h5-19H,20H2,1-4H3,(H,47,49,51)(H,48,50,52). The lowest BCUT2D eigenvalue weighted by Crippen LogP contribution is -2.15. The molecule has 2 aromatic carbocycles. The molecule has 0 spiro atoms. The Morgan fingerprint density at radius 1 is 0.625 bits per heavy atom. The normalized spacial score (nSPS) is 11.0. The second-order valence-electron chi connectivity index (χ2n) is 13.6. The highest BCUT2D eigenvalue weighted by molar-refractivity contribution is 7.21. The number of amides is 2. The molecule has 6 aromatic heterocycles. The van der Waals surface area contributed by atoms with Crippen LogP contribution in [0.4, 0.5) is 16.0 Å². The second kappa shape index (κ2) is 17.8. The number of methoxy groups -OCH3 is 3. The summed E-state index contributed by atoms with van der Waals surface area (Å²) in [5.41, 5.74) is 3.25. The molecule has 2 amide bonds. The zero-order chi connectivity index (χ0) is 45.2. The number of esters is 4. The number of fused-ring (bicyclic) bond motifs is 2. The van der Waals surface area contributed by atoms with E-state index in [1.165, 1.54) is 76.2 Å². The van der Waals surface area contributed by atoms with E-state index in [0.717, 1.165) is 22.7 Å². The van der Waals surface area contributed by atoms with Gasteiger partial charge < -0.3 is 38.4 Å². The van der Waals surface area contributed by atoms with Crippen LogP contribution in [0.5, 0.6) is 0 Å². The third-order valence-electron chi connectivity index (χ3n) is 9.81. The van der Waals surface area contributed by atoms with Crippen molar-refractivity contribution < 1.29 is 60.9 Å². The number of carbonyl (C=O) groups is 6. The molecule has 0 unspecified atom stereocenters. The van der Waals surface area contributed by atoms with E-state index >= 15 is 0 Å². The quantitative estimate of drug-likeness (QED) is 0.0864. The largest absolute Gasteiger partial charge is 0.465 e. The zero-order valence-electron chi connectivity index (χ0n) is 33.9. The first-order valence-electron chi connectivity index (χ1n) is 18.8. The van der Waals surface area contributed by atoms with Crippen molar-refractivity contribution in [3.8, 4) is 22.3 Å². The number of hydrogen-bond donors (Lipinski definition) is 2. The summed E-state index contributed by atoms with van der Waals surface area (Å²) >= 11 is 2.09. The zero-order valence-corrected chi connectivity index (χ0v) is 35.5. The highest BCUT2D eigenvalue weighted by atomic mass is 32.1. The van der Waals surface area contributed by atoms with Crippen molar-refractivity contribution in [2.45, 2.75) is 13.5 Å². The lowest BCUT2D eigenvalue weighted by Gasteiger charge is -2.12. The Morgan fingerprint density at radius 3 is 1.62 bits per heavy atom. The number of nitrogens with zero attached hydrogens (tertiary/aromatic N) is 2. The topological polar surface area (TPSA) is 215 Å². The van der Waals surface area contributed by atoms with Crippen LogP contribution in [0.15, 0.2) is 100 Å². The molecule has 8 aromatic rings. The summed E-state index contributed by atoms with van der Waals surface area (Å²) in [4.78, 5) is 86.1. The van der Waals surface area contributed by atoms with Crippen molar-refractivity contribution in [3.05, 3.63) is 141 Å². The molecule has 0 fully saturated rings. The first-order chi connectivity index (χ1) is 30.9. The van der Waals surface area contributed by atoms with Gasteiger partial charge in [-0.05, 0) is 60.5 Å². The van der Waals surface area contributed by atoms with Crippen LogP contribution >= 0.6 is 22.7 Å². The van der Waals surface area contributed by atoms with E-state index in [1.54, 1.807) is 43.3 Å². The second-order valence-corrected chi connectivity index (χ2v) is 15.7. The van der Waals surface area contributed by atoms with Crippen LogP contribution in [0.1, 0.15) is 72.3 Å². The highest BCUT2D eigenvalue weighted by Gasteiger charge is 2.29. The van der Waals surface area contributed by atoms with Crippen LogP contribution in [0.25, 0.3) is 42.8 Å². The third-order valence-corrected chi connectivity index (χ3v) is 12.0. The molecule has 0 saturated carbocycles. The lowest BCUT2D eigenvalue weighted by atomic mass is 10.0. The summed E-state index contributed by atoms with van der Waals surface area (Å²) in [5, 5.41) is 5.30. The first-order valence-corrected chi connectivity index (χ1v) is 20.5. The molecule has 0 aliphatic rings. The van der Waals surface area contributed by atoms with Gasteiger partial charge in [-0.1, -0.05) is 24.3 Å². The highest BCUT2D eigenvalue weighted by Crippen LogP contribution is 2.42. The smallest absolute Gasteiger partial charge is 0.374 e. The number of ether oxygens (including phenoxy) is 4. The van der Waals surface area contributed by atoms with Gasteiger partial charge in [-0.2, -0.15) is 0 Å². The molecule has 0 aliphatic carbocycles. The van der Waals surface area contributed by atoms with Crippen LogP contribution in [-0.4, -0.2) is 67.0 Å². The molecule has 0 bridgehead atoms. The number of rotatable bonds is 12. The number of pyridine rings is 2. The minimum absolute atomic E-state index is 0.0779. The van der Waals surface area contributed by atoms with Gasteiger partial charge in [-0.25, -0.2) is 33.5 Å². The number of aromatic nitrogens is 2. The Bertz CT molecular complexity index is 3170. The number of halogens is 1. The molecule has 16 nitrogen and oxygen atoms in total. The molecule has 0 atom stereocenters. The first kappa shape index (κ1) is 42.7. The minimum Gasteiger partial charge on any atom is -0.465 e. The summed E-state index contributed by atoms with van der Waals surface area (Å²) in [6, 6.07) is 19.6. The van der Waals surface area contributed by atoms with E-state index in [0.29, 0.717) is 48.4 Å². The molecular formula is C45H31FN4O12S2. The molecule has 19 heteroatoms. The lowest BCUT2D eigenvalue weighted by molar-refractivity contribution is 0.0476. The van der Waals surface area contributed by atoms with E-state index in [9.17, 15) is 33.2 Å². The Hall–Kier alpha value is -8.03. The van der Waals surface area contributed by atoms with Gasteiger partial charge in [0.1, 0.15) is 45.0 Å². The molecular weight excluding hydrogens is 872 g/mol. The predicted octanol–water partition coefficient (Wildman–Crippen LogP) is 9.09. The monoisotopic (exact) mass is 902 g/mol. The third kappa shape index (κ3) is 8.19. The number of carbonyl (C=O) groups excluding carboxylic acids is 6. The van der Waals surface area contributed by atoms with Crippen molar-refractivity contribution in [2.75, 3.05) is 32.0 Å². The molecule has 322 valence electrons. The maximum absolute atomic E-state index is 14.1. The Labute approximate surface area is 368 Å². The van der Waals surface area contributed by atoms with Crippen molar-refractivity contribution in [1.29, 1.82) is 0 Å². The van der Waals surface area contributed by atoms with E-state index in [-0.39, 0.29) is 56.2 Å². The van der Waals surface area contributed by atoms with Gasteiger partial charge >= 0.3 is 23.9 Å². The minimum atomic E-state index is -0.772. The SMILES string of the molecule is COC(=O)c1cc2oc(C(=O)OC)c(-c3ccc(NC(=O)c4cccc(COC(=O)c5cc6oc(C(=O)OC)c(-c7ccc(NC(=O)c8ccccc8F)nc7)c6s5)c4C)nc3)c2s1. The molecule has 6 heterocycles.